The molecule has 0 spiro atoms. The lowest BCUT2D eigenvalue weighted by Gasteiger charge is -2.59. The molecule has 2 bridgehead atoms. The zero-order chi connectivity index (χ0) is 15.2. The maximum atomic E-state index is 10.0. The Labute approximate surface area is 133 Å². The number of rotatable bonds is 3. The van der Waals surface area contributed by atoms with Crippen LogP contribution in [-0.4, -0.2) is 42.9 Å². The van der Waals surface area contributed by atoms with Gasteiger partial charge in [-0.15, -0.1) is 0 Å². The van der Waals surface area contributed by atoms with E-state index in [1.54, 1.807) is 7.11 Å². The quantitative estimate of drug-likeness (QED) is 0.931. The molecule has 4 rings (SSSR count). The van der Waals surface area contributed by atoms with Crippen LogP contribution >= 0.6 is 0 Å². The third-order valence-corrected chi connectivity index (χ3v) is 6.52. The van der Waals surface area contributed by atoms with Crippen molar-refractivity contribution in [2.75, 3.05) is 26.8 Å². The van der Waals surface area contributed by atoms with E-state index in [0.717, 1.165) is 25.5 Å². The van der Waals surface area contributed by atoms with Crippen molar-refractivity contribution >= 4 is 0 Å². The number of hydrogen-bond acceptors (Lipinski definition) is 3. The summed E-state index contributed by atoms with van der Waals surface area (Å²) in [5.74, 6) is 1.21. The Morgan fingerprint density at radius 1 is 1.32 bits per heavy atom. The molecule has 1 saturated carbocycles. The van der Waals surface area contributed by atoms with Crippen molar-refractivity contribution in [3.63, 3.8) is 0 Å². The molecule has 1 aliphatic heterocycles. The first-order valence-corrected chi connectivity index (χ1v) is 8.80. The molecule has 3 nitrogen and oxygen atoms in total. The van der Waals surface area contributed by atoms with Crippen LogP contribution in [0.1, 0.15) is 43.2 Å². The smallest absolute Gasteiger partial charge is 0.115 e. The highest BCUT2D eigenvalue weighted by molar-refractivity contribution is 5.45. The van der Waals surface area contributed by atoms with Gasteiger partial charge in [-0.2, -0.15) is 0 Å². The third-order valence-electron chi connectivity index (χ3n) is 6.52. The van der Waals surface area contributed by atoms with Gasteiger partial charge in [-0.05, 0) is 61.4 Å². The van der Waals surface area contributed by atoms with Gasteiger partial charge >= 0.3 is 0 Å². The van der Waals surface area contributed by atoms with E-state index in [1.165, 1.54) is 49.8 Å². The molecule has 3 aliphatic rings. The van der Waals surface area contributed by atoms with Crippen LogP contribution in [0, 0.1) is 5.92 Å². The average molecular weight is 301 g/mol. The lowest BCUT2D eigenvalue weighted by atomic mass is 9.52. The SMILES string of the molecule is COCCN1CC[C@]23CCCC[C@H]2[C@H]1Cc1ccc(O)cc13. The van der Waals surface area contributed by atoms with Gasteiger partial charge in [0.25, 0.3) is 0 Å². The third kappa shape index (κ3) is 2.10. The molecule has 0 unspecified atom stereocenters. The zero-order valence-electron chi connectivity index (χ0n) is 13.6. The molecule has 1 saturated heterocycles. The van der Waals surface area contributed by atoms with E-state index >= 15 is 0 Å². The van der Waals surface area contributed by atoms with Crippen LogP contribution in [0.25, 0.3) is 0 Å². The van der Waals surface area contributed by atoms with Gasteiger partial charge in [0.15, 0.2) is 0 Å². The first kappa shape index (κ1) is 14.5. The number of nitrogens with zero attached hydrogens (tertiary/aromatic N) is 1. The number of hydrogen-bond donors (Lipinski definition) is 1. The van der Waals surface area contributed by atoms with Crippen molar-refractivity contribution in [1.82, 2.24) is 4.90 Å². The summed E-state index contributed by atoms with van der Waals surface area (Å²) in [5, 5.41) is 10.0. The van der Waals surface area contributed by atoms with Crippen molar-refractivity contribution in [3.8, 4) is 5.75 Å². The number of phenols is 1. The summed E-state index contributed by atoms with van der Waals surface area (Å²) in [5.41, 5.74) is 3.28. The molecule has 0 radical (unpaired) electrons. The highest BCUT2D eigenvalue weighted by atomic mass is 16.5. The molecule has 0 aromatic heterocycles. The molecular weight excluding hydrogens is 274 g/mol. The molecule has 1 aromatic carbocycles. The van der Waals surface area contributed by atoms with Crippen LogP contribution in [0.5, 0.6) is 5.75 Å². The predicted octanol–water partition coefficient (Wildman–Crippen LogP) is 3.10. The molecular formula is C19H27NO2. The molecule has 1 heterocycles. The standard InChI is InChI=1S/C19H27NO2/c1-22-11-10-20-9-8-19-7-3-2-4-16(19)18(20)12-14-5-6-15(21)13-17(14)19/h5-6,13,16,18,21H,2-4,7-12H2,1H3/t16-,18+,19+/m0/s1. The van der Waals surface area contributed by atoms with E-state index in [0.29, 0.717) is 17.2 Å². The second-order valence-corrected chi connectivity index (χ2v) is 7.40. The Hall–Kier alpha value is -1.06. The first-order chi connectivity index (χ1) is 10.7. The summed E-state index contributed by atoms with van der Waals surface area (Å²) >= 11 is 0. The Bertz CT molecular complexity index is 558. The normalized spacial score (nSPS) is 34.0. The number of methoxy groups -OCH3 is 1. The molecule has 22 heavy (non-hydrogen) atoms. The number of fused-ring (bicyclic) bond motifs is 1. The fourth-order valence-corrected chi connectivity index (χ4v) is 5.56. The Morgan fingerprint density at radius 3 is 3.09 bits per heavy atom. The summed E-state index contributed by atoms with van der Waals surface area (Å²) in [7, 11) is 1.80. The number of likely N-dealkylation sites (tertiary alicyclic amines) is 1. The van der Waals surface area contributed by atoms with Gasteiger partial charge in [0.1, 0.15) is 5.75 Å². The highest BCUT2D eigenvalue weighted by Gasteiger charge is 2.53. The van der Waals surface area contributed by atoms with Crippen LogP contribution < -0.4 is 0 Å². The monoisotopic (exact) mass is 301 g/mol. The van der Waals surface area contributed by atoms with Crippen LogP contribution in [-0.2, 0) is 16.6 Å². The molecule has 1 aromatic rings. The number of piperidine rings is 1. The van der Waals surface area contributed by atoms with Gasteiger partial charge in [-0.25, -0.2) is 0 Å². The predicted molar refractivity (Wildman–Crippen MR) is 87.3 cm³/mol. The second-order valence-electron chi connectivity index (χ2n) is 7.40. The molecule has 0 amide bonds. The largest absolute Gasteiger partial charge is 0.508 e. The van der Waals surface area contributed by atoms with E-state index in [1.807, 2.05) is 6.07 Å². The Balaban J connectivity index is 1.75. The van der Waals surface area contributed by atoms with Gasteiger partial charge in [0.05, 0.1) is 6.61 Å². The number of ether oxygens (including phenoxy) is 1. The molecule has 1 N–H and O–H groups in total. The lowest BCUT2D eigenvalue weighted by molar-refractivity contribution is -0.0206. The van der Waals surface area contributed by atoms with E-state index in [4.69, 9.17) is 4.74 Å². The maximum absolute atomic E-state index is 10.0. The zero-order valence-corrected chi connectivity index (χ0v) is 13.6. The highest BCUT2D eigenvalue weighted by Crippen LogP contribution is 2.56. The van der Waals surface area contributed by atoms with E-state index in [2.05, 4.69) is 17.0 Å². The van der Waals surface area contributed by atoms with Gasteiger partial charge < -0.3 is 9.84 Å². The van der Waals surface area contributed by atoms with Crippen LogP contribution in [0.2, 0.25) is 0 Å². The summed E-state index contributed by atoms with van der Waals surface area (Å²) < 4.78 is 5.33. The second kappa shape index (κ2) is 5.54. The molecule has 120 valence electrons. The minimum absolute atomic E-state index is 0.332. The summed E-state index contributed by atoms with van der Waals surface area (Å²) in [6.45, 7) is 3.07. The maximum Gasteiger partial charge on any atom is 0.115 e. The van der Waals surface area contributed by atoms with Crippen molar-refractivity contribution in [2.24, 2.45) is 5.92 Å². The van der Waals surface area contributed by atoms with Crippen LogP contribution in [0.4, 0.5) is 0 Å². The van der Waals surface area contributed by atoms with Gasteiger partial charge in [-0.3, -0.25) is 4.90 Å². The van der Waals surface area contributed by atoms with E-state index < -0.39 is 0 Å². The fourth-order valence-electron chi connectivity index (χ4n) is 5.56. The van der Waals surface area contributed by atoms with Gasteiger partial charge in [0, 0.05) is 25.1 Å². The number of benzene rings is 1. The Kier molecular flexibility index (Phi) is 3.66. The van der Waals surface area contributed by atoms with Crippen molar-refractivity contribution in [1.29, 1.82) is 0 Å². The summed E-state index contributed by atoms with van der Waals surface area (Å²) in [6.07, 6.45) is 7.76. The lowest BCUT2D eigenvalue weighted by Crippen LogP contribution is -2.61. The van der Waals surface area contributed by atoms with Crippen LogP contribution in [0.3, 0.4) is 0 Å². The van der Waals surface area contributed by atoms with Crippen molar-refractivity contribution in [3.05, 3.63) is 29.3 Å². The minimum atomic E-state index is 0.332. The summed E-state index contributed by atoms with van der Waals surface area (Å²) in [6, 6.07) is 6.79. The molecule has 3 heteroatoms. The van der Waals surface area contributed by atoms with Crippen molar-refractivity contribution < 1.29 is 9.84 Å². The number of phenolic OH excluding ortho intramolecular Hbond substituents is 1. The van der Waals surface area contributed by atoms with Gasteiger partial charge in [-0.1, -0.05) is 18.9 Å². The average Bonchev–Trinajstić information content (AvgIpc) is 2.55. The number of aromatic hydroxyl groups is 1. The Morgan fingerprint density at radius 2 is 2.23 bits per heavy atom. The minimum Gasteiger partial charge on any atom is -0.508 e. The van der Waals surface area contributed by atoms with E-state index in [-0.39, 0.29) is 0 Å². The summed E-state index contributed by atoms with van der Waals surface area (Å²) in [4.78, 5) is 2.67. The fraction of sp³-hybridized carbons (Fsp3) is 0.684. The molecule has 3 atom stereocenters. The van der Waals surface area contributed by atoms with Gasteiger partial charge in [0.2, 0.25) is 0 Å². The van der Waals surface area contributed by atoms with Crippen molar-refractivity contribution in [2.45, 2.75) is 50.0 Å². The topological polar surface area (TPSA) is 32.7 Å². The molecule has 2 aliphatic carbocycles. The van der Waals surface area contributed by atoms with E-state index in [9.17, 15) is 5.11 Å². The molecule has 2 fully saturated rings. The van der Waals surface area contributed by atoms with Crippen LogP contribution in [0.15, 0.2) is 18.2 Å². The first-order valence-electron chi connectivity index (χ1n) is 8.80.